The molecule has 0 aliphatic carbocycles. The summed E-state index contributed by atoms with van der Waals surface area (Å²) in [6.07, 6.45) is 5.27. The van der Waals surface area contributed by atoms with Crippen LogP contribution < -0.4 is 9.47 Å². The summed E-state index contributed by atoms with van der Waals surface area (Å²) in [5.74, 6) is 0.632. The van der Waals surface area contributed by atoms with Crippen LogP contribution >= 0.6 is 0 Å². The molecule has 0 saturated carbocycles. The fourth-order valence-corrected chi connectivity index (χ4v) is 4.50. The first-order valence-electron chi connectivity index (χ1n) is 9.36. The molecule has 1 aliphatic rings. The van der Waals surface area contributed by atoms with Crippen LogP contribution in [0, 0.1) is 5.82 Å². The molecule has 3 heterocycles. The lowest BCUT2D eigenvalue weighted by molar-refractivity contribution is 0.409. The van der Waals surface area contributed by atoms with Crippen LogP contribution in [-0.2, 0) is 10.0 Å². The number of hydrogen-bond donors (Lipinski definition) is 1. The van der Waals surface area contributed by atoms with Crippen molar-refractivity contribution in [3.63, 3.8) is 0 Å². The van der Waals surface area contributed by atoms with Crippen molar-refractivity contribution >= 4 is 26.6 Å². The van der Waals surface area contributed by atoms with Gasteiger partial charge in [0, 0.05) is 35.3 Å². The van der Waals surface area contributed by atoms with Gasteiger partial charge < -0.3 is 14.5 Å². The van der Waals surface area contributed by atoms with Crippen molar-refractivity contribution in [3.05, 3.63) is 48.0 Å². The van der Waals surface area contributed by atoms with E-state index in [1.807, 2.05) is 12.1 Å². The zero-order chi connectivity index (χ0) is 21.5. The lowest BCUT2D eigenvalue weighted by Gasteiger charge is -2.23. The number of halogens is 1. The summed E-state index contributed by atoms with van der Waals surface area (Å²) in [6.45, 7) is 0.742. The molecule has 7 nitrogen and oxygen atoms in total. The third-order valence-corrected chi connectivity index (χ3v) is 6.53. The van der Waals surface area contributed by atoms with Crippen molar-refractivity contribution in [3.8, 4) is 22.6 Å². The van der Waals surface area contributed by atoms with E-state index in [2.05, 4.69) is 9.97 Å². The maximum Gasteiger partial charge on any atom is 0.211 e. The number of benzene rings is 1. The van der Waals surface area contributed by atoms with Gasteiger partial charge in [0.1, 0.15) is 23.0 Å². The second-order valence-corrected chi connectivity index (χ2v) is 9.07. The molecule has 158 valence electrons. The SMILES string of the molecule is COc1ccc(F)cc1-c1c(OC)cnc2[nH]c(C3=CCN(S(C)(=O)=O)CC3)cc12. The van der Waals surface area contributed by atoms with Crippen molar-refractivity contribution < 1.29 is 22.3 Å². The summed E-state index contributed by atoms with van der Waals surface area (Å²) < 4.78 is 49.9. The van der Waals surface area contributed by atoms with E-state index in [1.54, 1.807) is 12.3 Å². The number of fused-ring (bicyclic) bond motifs is 1. The number of ether oxygens (including phenoxy) is 2. The number of aromatic amines is 1. The Labute approximate surface area is 174 Å². The van der Waals surface area contributed by atoms with Gasteiger partial charge in [0.2, 0.25) is 10.0 Å². The number of H-pyrrole nitrogens is 1. The van der Waals surface area contributed by atoms with Crippen LogP contribution in [0.3, 0.4) is 0 Å². The molecule has 9 heteroatoms. The number of pyridine rings is 1. The minimum atomic E-state index is -3.22. The Kier molecular flexibility index (Phi) is 5.25. The first kappa shape index (κ1) is 20.4. The standard InChI is InChI=1S/C21H22FN3O4S/c1-28-18-5-4-14(22)10-15(18)20-16-11-17(24-21(16)23-12-19(20)29-2)13-6-8-25(9-7-13)30(3,26)27/h4-6,10-12H,7-9H2,1-3H3,(H,23,24). The van der Waals surface area contributed by atoms with Crippen LogP contribution in [0.15, 0.2) is 36.5 Å². The Balaban J connectivity index is 1.84. The van der Waals surface area contributed by atoms with Crippen LogP contribution in [0.25, 0.3) is 27.7 Å². The smallest absolute Gasteiger partial charge is 0.211 e. The van der Waals surface area contributed by atoms with E-state index in [4.69, 9.17) is 9.47 Å². The molecule has 30 heavy (non-hydrogen) atoms. The molecule has 0 bridgehead atoms. The van der Waals surface area contributed by atoms with Crippen LogP contribution in [0.2, 0.25) is 0 Å². The Bertz CT molecular complexity index is 1250. The number of methoxy groups -OCH3 is 2. The van der Waals surface area contributed by atoms with Crippen LogP contribution in [0.1, 0.15) is 12.1 Å². The molecular formula is C21H22FN3O4S. The van der Waals surface area contributed by atoms with Crippen molar-refractivity contribution in [2.24, 2.45) is 0 Å². The van der Waals surface area contributed by atoms with Gasteiger partial charge in [-0.2, -0.15) is 4.31 Å². The molecular weight excluding hydrogens is 409 g/mol. The van der Waals surface area contributed by atoms with E-state index in [-0.39, 0.29) is 5.82 Å². The second-order valence-electron chi connectivity index (χ2n) is 7.09. The van der Waals surface area contributed by atoms with Crippen LogP contribution in [0.4, 0.5) is 4.39 Å². The first-order chi connectivity index (χ1) is 14.3. The van der Waals surface area contributed by atoms with Gasteiger partial charge in [-0.15, -0.1) is 0 Å². The number of aromatic nitrogens is 2. The van der Waals surface area contributed by atoms with E-state index >= 15 is 0 Å². The van der Waals surface area contributed by atoms with E-state index in [9.17, 15) is 12.8 Å². The van der Waals surface area contributed by atoms with Crippen LogP contribution in [-0.4, -0.2) is 56.3 Å². The summed E-state index contributed by atoms with van der Waals surface area (Å²) >= 11 is 0. The quantitative estimate of drug-likeness (QED) is 0.669. The molecule has 0 fully saturated rings. The summed E-state index contributed by atoms with van der Waals surface area (Å²) in [6, 6.07) is 6.27. The molecule has 1 N–H and O–H groups in total. The number of sulfonamides is 1. The van der Waals surface area contributed by atoms with E-state index < -0.39 is 10.0 Å². The fourth-order valence-electron chi connectivity index (χ4n) is 3.73. The van der Waals surface area contributed by atoms with Crippen molar-refractivity contribution in [2.45, 2.75) is 6.42 Å². The van der Waals surface area contributed by atoms with E-state index in [1.165, 1.54) is 36.9 Å². The molecule has 0 atom stereocenters. The first-order valence-corrected chi connectivity index (χ1v) is 11.2. The van der Waals surface area contributed by atoms with Gasteiger partial charge in [0.05, 0.1) is 26.7 Å². The Hall–Kier alpha value is -2.91. The Morgan fingerprint density at radius 3 is 2.57 bits per heavy atom. The minimum absolute atomic E-state index is 0.324. The van der Waals surface area contributed by atoms with Gasteiger partial charge in [-0.1, -0.05) is 6.08 Å². The lowest BCUT2D eigenvalue weighted by Crippen LogP contribution is -2.33. The summed E-state index contributed by atoms with van der Waals surface area (Å²) in [4.78, 5) is 7.73. The Morgan fingerprint density at radius 1 is 1.17 bits per heavy atom. The second kappa shape index (κ2) is 7.73. The largest absolute Gasteiger partial charge is 0.496 e. The van der Waals surface area contributed by atoms with Gasteiger partial charge in [0.15, 0.2) is 0 Å². The zero-order valence-electron chi connectivity index (χ0n) is 16.9. The van der Waals surface area contributed by atoms with E-state index in [0.29, 0.717) is 47.8 Å². The minimum Gasteiger partial charge on any atom is -0.496 e. The summed E-state index contributed by atoms with van der Waals surface area (Å²) in [5.41, 5.74) is 3.71. The van der Waals surface area contributed by atoms with Gasteiger partial charge >= 0.3 is 0 Å². The number of hydrogen-bond acceptors (Lipinski definition) is 5. The highest BCUT2D eigenvalue weighted by Crippen LogP contribution is 2.42. The topological polar surface area (TPSA) is 84.5 Å². The van der Waals surface area contributed by atoms with Gasteiger partial charge in [0.25, 0.3) is 0 Å². The molecule has 2 aromatic heterocycles. The Morgan fingerprint density at radius 2 is 1.93 bits per heavy atom. The van der Waals surface area contributed by atoms with Crippen LogP contribution in [0.5, 0.6) is 11.5 Å². The third-order valence-electron chi connectivity index (χ3n) is 5.26. The van der Waals surface area contributed by atoms with Gasteiger partial charge in [-0.25, -0.2) is 17.8 Å². The molecule has 0 unspecified atom stereocenters. The molecule has 1 aliphatic heterocycles. The van der Waals surface area contributed by atoms with E-state index in [0.717, 1.165) is 16.7 Å². The summed E-state index contributed by atoms with van der Waals surface area (Å²) in [7, 11) is -0.150. The number of rotatable bonds is 5. The molecule has 0 saturated heterocycles. The fraction of sp³-hybridized carbons (Fsp3) is 0.286. The molecule has 4 rings (SSSR count). The molecule has 1 aromatic carbocycles. The van der Waals surface area contributed by atoms with Gasteiger partial charge in [-0.3, -0.25) is 0 Å². The van der Waals surface area contributed by atoms with Gasteiger partial charge in [-0.05, 0) is 36.3 Å². The monoisotopic (exact) mass is 431 g/mol. The highest BCUT2D eigenvalue weighted by atomic mass is 32.2. The average Bonchev–Trinajstić information content (AvgIpc) is 3.16. The maximum atomic E-state index is 14.1. The lowest BCUT2D eigenvalue weighted by atomic mass is 10.00. The normalized spacial score (nSPS) is 15.3. The third kappa shape index (κ3) is 3.66. The van der Waals surface area contributed by atoms with Crippen molar-refractivity contribution in [1.82, 2.24) is 14.3 Å². The van der Waals surface area contributed by atoms with Crippen molar-refractivity contribution in [1.29, 1.82) is 0 Å². The number of nitrogens with zero attached hydrogens (tertiary/aromatic N) is 2. The maximum absolute atomic E-state index is 14.1. The highest BCUT2D eigenvalue weighted by molar-refractivity contribution is 7.88. The average molecular weight is 431 g/mol. The molecule has 3 aromatic rings. The highest BCUT2D eigenvalue weighted by Gasteiger charge is 2.23. The predicted molar refractivity (Wildman–Crippen MR) is 114 cm³/mol. The number of nitrogens with one attached hydrogen (secondary N) is 1. The molecule has 0 spiro atoms. The molecule has 0 amide bonds. The molecule has 0 radical (unpaired) electrons. The zero-order valence-corrected chi connectivity index (χ0v) is 17.7. The predicted octanol–water partition coefficient (Wildman–Crippen LogP) is 3.43. The summed E-state index contributed by atoms with van der Waals surface area (Å²) in [5, 5.41) is 0.764. The van der Waals surface area contributed by atoms with Crippen molar-refractivity contribution in [2.75, 3.05) is 33.6 Å².